The van der Waals surface area contributed by atoms with Crippen molar-refractivity contribution in [3.8, 4) is 0 Å². The van der Waals surface area contributed by atoms with Crippen molar-refractivity contribution in [2.45, 2.75) is 39.3 Å². The van der Waals surface area contributed by atoms with Gasteiger partial charge >= 0.3 is 0 Å². The maximum atomic E-state index is 9.26. The van der Waals surface area contributed by atoms with Gasteiger partial charge in [0, 0.05) is 17.0 Å². The normalized spacial score (nSPS) is 15.5. The lowest BCUT2D eigenvalue weighted by Gasteiger charge is -2.22. The van der Waals surface area contributed by atoms with E-state index in [4.69, 9.17) is 0 Å². The molecule has 0 saturated carbocycles. The number of hydrogen-bond acceptors (Lipinski definition) is 3. The van der Waals surface area contributed by atoms with Gasteiger partial charge in [-0.05, 0) is 30.7 Å². The van der Waals surface area contributed by atoms with E-state index >= 15 is 0 Å². The molecule has 0 fully saturated rings. The van der Waals surface area contributed by atoms with E-state index in [0.717, 1.165) is 6.42 Å². The van der Waals surface area contributed by atoms with Crippen molar-refractivity contribution in [1.29, 1.82) is 0 Å². The highest BCUT2D eigenvalue weighted by Crippen LogP contribution is 2.19. The zero-order valence-corrected chi connectivity index (χ0v) is 10.6. The van der Waals surface area contributed by atoms with Gasteiger partial charge in [0.2, 0.25) is 0 Å². The first-order valence-corrected chi connectivity index (χ1v) is 6.41. The van der Waals surface area contributed by atoms with Crippen molar-refractivity contribution >= 4 is 11.3 Å². The van der Waals surface area contributed by atoms with Crippen LogP contribution in [0.4, 0.5) is 0 Å². The third-order valence-corrected chi connectivity index (χ3v) is 3.49. The molecule has 0 aliphatic heterocycles. The Hall–Kier alpha value is -0.380. The first kappa shape index (κ1) is 12.7. The summed E-state index contributed by atoms with van der Waals surface area (Å²) in [5.41, 5.74) is 0. The molecule has 0 amide bonds. The number of aliphatic hydroxyl groups is 1. The van der Waals surface area contributed by atoms with Crippen LogP contribution < -0.4 is 5.32 Å². The van der Waals surface area contributed by atoms with Crippen LogP contribution in [-0.4, -0.2) is 17.8 Å². The predicted molar refractivity (Wildman–Crippen MR) is 66.2 cm³/mol. The second-order valence-electron chi connectivity index (χ2n) is 4.41. The van der Waals surface area contributed by atoms with E-state index in [1.807, 2.05) is 0 Å². The predicted octanol–water partition coefficient (Wildman–Crippen LogP) is 2.81. The molecule has 0 spiro atoms. The van der Waals surface area contributed by atoms with E-state index in [1.54, 1.807) is 11.3 Å². The molecule has 0 radical (unpaired) electrons. The summed E-state index contributed by atoms with van der Waals surface area (Å²) in [5, 5.41) is 14.8. The molecular weight excluding hydrogens is 206 g/mol. The van der Waals surface area contributed by atoms with Gasteiger partial charge in [0.25, 0.3) is 0 Å². The highest BCUT2D eigenvalue weighted by Gasteiger charge is 2.14. The van der Waals surface area contributed by atoms with E-state index in [0.29, 0.717) is 12.0 Å². The van der Waals surface area contributed by atoms with Crippen molar-refractivity contribution in [3.05, 3.63) is 22.4 Å². The van der Waals surface area contributed by atoms with Crippen LogP contribution in [0.3, 0.4) is 0 Å². The van der Waals surface area contributed by atoms with Gasteiger partial charge in [0.05, 0.1) is 6.61 Å². The van der Waals surface area contributed by atoms with Crippen LogP contribution in [-0.2, 0) is 0 Å². The largest absolute Gasteiger partial charge is 0.395 e. The Kier molecular flexibility index (Phi) is 5.29. The maximum absolute atomic E-state index is 9.26. The second kappa shape index (κ2) is 6.26. The van der Waals surface area contributed by atoms with Crippen LogP contribution >= 0.6 is 11.3 Å². The average Bonchev–Trinajstić information content (AvgIpc) is 2.68. The van der Waals surface area contributed by atoms with Crippen molar-refractivity contribution in [1.82, 2.24) is 5.32 Å². The summed E-state index contributed by atoms with van der Waals surface area (Å²) >= 11 is 1.76. The third kappa shape index (κ3) is 4.33. The topological polar surface area (TPSA) is 32.3 Å². The lowest BCUT2D eigenvalue weighted by Crippen LogP contribution is -2.35. The molecule has 3 heteroatoms. The van der Waals surface area contributed by atoms with Crippen molar-refractivity contribution in [2.24, 2.45) is 5.92 Å². The molecule has 0 saturated heterocycles. The molecule has 2 atom stereocenters. The standard InChI is InChI=1S/C12H21NOS/c1-9(2)7-11(8-14)13-10(3)12-5-4-6-15-12/h4-6,9-11,13-14H,7-8H2,1-3H3/t10-,11-/m0/s1. The first-order chi connectivity index (χ1) is 7.13. The van der Waals surface area contributed by atoms with Gasteiger partial charge in [-0.15, -0.1) is 11.3 Å². The van der Waals surface area contributed by atoms with Gasteiger partial charge in [-0.2, -0.15) is 0 Å². The molecule has 2 nitrogen and oxygen atoms in total. The molecule has 1 rings (SSSR count). The highest BCUT2D eigenvalue weighted by atomic mass is 32.1. The van der Waals surface area contributed by atoms with E-state index in [9.17, 15) is 5.11 Å². The molecule has 1 aromatic heterocycles. The summed E-state index contributed by atoms with van der Waals surface area (Å²) in [5.74, 6) is 0.616. The Labute approximate surface area is 96.3 Å². The Balaban J connectivity index is 2.44. The fourth-order valence-corrected chi connectivity index (χ4v) is 2.48. The molecule has 2 N–H and O–H groups in total. The molecule has 0 aliphatic rings. The lowest BCUT2D eigenvalue weighted by atomic mass is 10.0. The zero-order chi connectivity index (χ0) is 11.3. The summed E-state index contributed by atoms with van der Waals surface area (Å²) < 4.78 is 0. The number of thiophene rings is 1. The minimum Gasteiger partial charge on any atom is -0.395 e. The van der Waals surface area contributed by atoms with Crippen molar-refractivity contribution in [2.75, 3.05) is 6.61 Å². The number of rotatable bonds is 6. The van der Waals surface area contributed by atoms with E-state index in [1.165, 1.54) is 4.88 Å². The Morgan fingerprint density at radius 3 is 2.60 bits per heavy atom. The molecule has 0 bridgehead atoms. The molecule has 86 valence electrons. The van der Waals surface area contributed by atoms with Crippen LogP contribution in [0.15, 0.2) is 17.5 Å². The molecule has 0 unspecified atom stereocenters. The fraction of sp³-hybridized carbons (Fsp3) is 0.667. The van der Waals surface area contributed by atoms with Gasteiger partial charge in [-0.25, -0.2) is 0 Å². The Morgan fingerprint density at radius 2 is 2.13 bits per heavy atom. The average molecular weight is 227 g/mol. The van der Waals surface area contributed by atoms with E-state index in [-0.39, 0.29) is 12.6 Å². The van der Waals surface area contributed by atoms with Crippen LogP contribution in [0.25, 0.3) is 0 Å². The van der Waals surface area contributed by atoms with E-state index < -0.39 is 0 Å². The van der Waals surface area contributed by atoms with E-state index in [2.05, 4.69) is 43.6 Å². The quantitative estimate of drug-likeness (QED) is 0.783. The molecule has 15 heavy (non-hydrogen) atoms. The molecule has 1 aromatic rings. The number of aliphatic hydroxyl groups excluding tert-OH is 1. The van der Waals surface area contributed by atoms with Gasteiger partial charge in [-0.3, -0.25) is 0 Å². The SMILES string of the molecule is CC(C)C[C@@H](CO)N[C@@H](C)c1cccs1. The molecular formula is C12H21NOS. The summed E-state index contributed by atoms with van der Waals surface area (Å²) in [7, 11) is 0. The number of nitrogens with one attached hydrogen (secondary N) is 1. The number of hydrogen-bond donors (Lipinski definition) is 2. The zero-order valence-electron chi connectivity index (χ0n) is 9.73. The molecule has 1 heterocycles. The highest BCUT2D eigenvalue weighted by molar-refractivity contribution is 7.10. The molecule has 0 aliphatic carbocycles. The second-order valence-corrected chi connectivity index (χ2v) is 5.39. The van der Waals surface area contributed by atoms with Crippen LogP contribution in [0.1, 0.15) is 38.1 Å². The lowest BCUT2D eigenvalue weighted by molar-refractivity contribution is 0.216. The fourth-order valence-electron chi connectivity index (χ4n) is 1.74. The Morgan fingerprint density at radius 1 is 1.40 bits per heavy atom. The smallest absolute Gasteiger partial charge is 0.0584 e. The summed E-state index contributed by atoms with van der Waals surface area (Å²) in [6, 6.07) is 4.74. The Bertz CT molecular complexity index is 259. The van der Waals surface area contributed by atoms with Crippen molar-refractivity contribution in [3.63, 3.8) is 0 Å². The van der Waals surface area contributed by atoms with Gasteiger partial charge in [0.1, 0.15) is 0 Å². The minimum atomic E-state index is 0.210. The van der Waals surface area contributed by atoms with Gasteiger partial charge in [0.15, 0.2) is 0 Å². The first-order valence-electron chi connectivity index (χ1n) is 5.53. The molecule has 0 aromatic carbocycles. The monoisotopic (exact) mass is 227 g/mol. The third-order valence-electron chi connectivity index (χ3n) is 2.43. The van der Waals surface area contributed by atoms with Crippen molar-refractivity contribution < 1.29 is 5.11 Å². The summed E-state index contributed by atoms with van der Waals surface area (Å²) in [6.45, 7) is 6.73. The van der Waals surface area contributed by atoms with Crippen LogP contribution in [0.2, 0.25) is 0 Å². The van der Waals surface area contributed by atoms with Gasteiger partial charge < -0.3 is 10.4 Å². The summed E-state index contributed by atoms with van der Waals surface area (Å²) in [4.78, 5) is 1.33. The van der Waals surface area contributed by atoms with Gasteiger partial charge in [-0.1, -0.05) is 19.9 Å². The maximum Gasteiger partial charge on any atom is 0.0584 e. The minimum absolute atomic E-state index is 0.210. The summed E-state index contributed by atoms with van der Waals surface area (Å²) in [6.07, 6.45) is 1.02. The van der Waals surface area contributed by atoms with Crippen LogP contribution in [0, 0.1) is 5.92 Å². The van der Waals surface area contributed by atoms with Crippen LogP contribution in [0.5, 0.6) is 0 Å².